The highest BCUT2D eigenvalue weighted by Crippen LogP contribution is 2.90. The van der Waals surface area contributed by atoms with Gasteiger partial charge in [-0.3, -0.25) is 0 Å². The van der Waals surface area contributed by atoms with E-state index in [0.717, 1.165) is 39.5 Å². The van der Waals surface area contributed by atoms with Crippen molar-refractivity contribution in [3.8, 4) is 16.8 Å². The molecule has 0 amide bonds. The minimum Gasteiger partial charge on any atom is -0.456 e. The van der Waals surface area contributed by atoms with Crippen LogP contribution in [0.2, 0.25) is 0 Å². The normalized spacial score (nSPS) is 28.8. The summed E-state index contributed by atoms with van der Waals surface area (Å²) < 4.78 is 8.66. The third-order valence-electron chi connectivity index (χ3n) is 16.9. The summed E-state index contributed by atoms with van der Waals surface area (Å²) in [5.41, 5.74) is 14.5. The molecule has 0 N–H and O–H groups in total. The smallest absolute Gasteiger partial charge is 0.135 e. The highest BCUT2D eigenvalue weighted by Gasteiger charge is 2.85. The van der Waals surface area contributed by atoms with Gasteiger partial charge in [-0.2, -0.15) is 0 Å². The fourth-order valence-electron chi connectivity index (χ4n) is 13.9. The fraction of sp³-hybridized carbons (Fsp3) is 0.153. The van der Waals surface area contributed by atoms with Crippen molar-refractivity contribution in [1.29, 1.82) is 0 Å². The lowest BCUT2D eigenvalue weighted by atomic mass is 9.80. The molecule has 0 radical (unpaired) electrons. The monoisotopic (exact) mass is 775 g/mol. The van der Waals surface area contributed by atoms with Crippen molar-refractivity contribution >= 4 is 76.1 Å². The predicted octanol–water partition coefficient (Wildman–Crippen LogP) is 14.9. The average molecular weight is 776 g/mol. The molecule has 3 saturated carbocycles. The van der Waals surface area contributed by atoms with Crippen LogP contribution < -0.4 is 0 Å². The Morgan fingerprint density at radius 1 is 0.426 bits per heavy atom. The molecule has 2 nitrogen and oxygen atoms in total. The second kappa shape index (κ2) is 10.2. The maximum Gasteiger partial charge on any atom is 0.135 e. The van der Waals surface area contributed by atoms with E-state index >= 15 is 0 Å². The van der Waals surface area contributed by atoms with E-state index in [1.165, 1.54) is 76.4 Å². The molecule has 2 aromatic heterocycles. The largest absolute Gasteiger partial charge is 0.456 e. The van der Waals surface area contributed by atoms with E-state index in [1.54, 1.807) is 11.1 Å². The molecule has 6 bridgehead atoms. The van der Waals surface area contributed by atoms with Crippen LogP contribution in [0, 0.1) is 29.1 Å². The minimum atomic E-state index is 0.356. The standard InChI is InChI=1S/C59H37NO/c1-3-7-52-36(5-1)47-24-33(13-19-53(47)60(52)34-14-20-55-48(25-34)37-6-2-4-8-54(37)61-55)32-11-15-35-42(23-32)46-29-50-41(31-12-18-51-58-57(50)59(51,58)22-21-31)27-44(46)45-28-49-40(26-43(35)45)30-9-16-38-39(17-10-30)56(38)49/h1-31,38-39,51,56-58H. The van der Waals surface area contributed by atoms with Gasteiger partial charge in [-0.05, 0) is 174 Å². The Labute approximate surface area is 351 Å². The molecule has 2 heteroatoms. The van der Waals surface area contributed by atoms with Crippen molar-refractivity contribution in [3.05, 3.63) is 198 Å². The Morgan fingerprint density at radius 3 is 1.93 bits per heavy atom. The fourth-order valence-corrected chi connectivity index (χ4v) is 13.9. The molecular weight excluding hydrogens is 739 g/mol. The second-order valence-electron chi connectivity index (χ2n) is 19.5. The molecule has 7 unspecified atom stereocenters. The maximum atomic E-state index is 6.23. The van der Waals surface area contributed by atoms with Gasteiger partial charge in [0.05, 0.1) is 11.0 Å². The summed E-state index contributed by atoms with van der Waals surface area (Å²) in [7, 11) is 0. The molecule has 8 aliphatic rings. The van der Waals surface area contributed by atoms with Crippen LogP contribution in [-0.2, 0) is 0 Å². The number of allylic oxidation sites excluding steroid dienone is 8. The number of aromatic nitrogens is 1. The summed E-state index contributed by atoms with van der Waals surface area (Å²) in [6, 6.07) is 48.9. The number of benzene rings is 8. The van der Waals surface area contributed by atoms with Gasteiger partial charge in [0.15, 0.2) is 0 Å². The van der Waals surface area contributed by atoms with Crippen LogP contribution in [0.3, 0.4) is 0 Å². The third-order valence-corrected chi connectivity index (χ3v) is 16.9. The van der Waals surface area contributed by atoms with Crippen LogP contribution in [0.15, 0.2) is 180 Å². The topological polar surface area (TPSA) is 18.1 Å². The quantitative estimate of drug-likeness (QED) is 0.126. The van der Waals surface area contributed by atoms with Gasteiger partial charge in [-0.15, -0.1) is 0 Å². The SMILES string of the molecule is C1=CC2C3C=CC1c1cc4c5ccc(-c6ccc7c(c6)c6ccccc6n7-c6ccc7oc8ccccc8c7c6)cc5c5cc6c(cc5c4cc1C23)C1C=CC2C3C6C23C=C1. The average Bonchev–Trinajstić information content (AvgIpc) is 4.22. The number of furan rings is 1. The molecule has 1 spiro atoms. The Hall–Kier alpha value is -6.90. The summed E-state index contributed by atoms with van der Waals surface area (Å²) in [4.78, 5) is 0. The Balaban J connectivity index is 0.900. The molecule has 8 aromatic carbocycles. The Kier molecular flexibility index (Phi) is 5.17. The van der Waals surface area contributed by atoms with E-state index in [4.69, 9.17) is 4.42 Å². The molecule has 0 saturated heterocycles. The number of fused-ring (bicyclic) bond motifs is 18. The lowest BCUT2D eigenvalue weighted by molar-refractivity contribution is 0.583. The minimum absolute atomic E-state index is 0.356. The summed E-state index contributed by atoms with van der Waals surface area (Å²) in [5, 5.41) is 13.2. The Morgan fingerprint density at radius 2 is 1.07 bits per heavy atom. The molecule has 10 aromatic rings. The zero-order valence-electron chi connectivity index (χ0n) is 33.2. The first kappa shape index (κ1) is 31.0. The zero-order valence-corrected chi connectivity index (χ0v) is 33.2. The molecule has 3 fully saturated rings. The highest BCUT2D eigenvalue weighted by atomic mass is 16.3. The molecule has 0 aliphatic heterocycles. The van der Waals surface area contributed by atoms with Gasteiger partial charge in [0.1, 0.15) is 11.2 Å². The van der Waals surface area contributed by atoms with Crippen molar-refractivity contribution in [1.82, 2.24) is 4.57 Å². The van der Waals surface area contributed by atoms with Crippen LogP contribution >= 0.6 is 0 Å². The van der Waals surface area contributed by atoms with Gasteiger partial charge in [-0.25, -0.2) is 0 Å². The van der Waals surface area contributed by atoms with E-state index in [1.807, 2.05) is 6.07 Å². The molecule has 2 heterocycles. The van der Waals surface area contributed by atoms with E-state index in [-0.39, 0.29) is 0 Å². The lowest BCUT2D eigenvalue weighted by Gasteiger charge is -2.24. The molecule has 61 heavy (non-hydrogen) atoms. The van der Waals surface area contributed by atoms with Crippen molar-refractivity contribution < 1.29 is 4.42 Å². The summed E-state index contributed by atoms with van der Waals surface area (Å²) in [6.45, 7) is 0. The predicted molar refractivity (Wildman–Crippen MR) is 250 cm³/mol. The first-order valence-electron chi connectivity index (χ1n) is 22.4. The van der Waals surface area contributed by atoms with E-state index in [2.05, 4.69) is 175 Å². The lowest BCUT2D eigenvalue weighted by Crippen LogP contribution is -2.09. The maximum absolute atomic E-state index is 6.23. The van der Waals surface area contributed by atoms with Crippen LogP contribution in [0.4, 0.5) is 0 Å². The van der Waals surface area contributed by atoms with E-state index in [0.29, 0.717) is 40.9 Å². The van der Waals surface area contributed by atoms with Crippen molar-refractivity contribution in [2.24, 2.45) is 29.1 Å². The van der Waals surface area contributed by atoms with Crippen LogP contribution in [-0.4, -0.2) is 4.57 Å². The van der Waals surface area contributed by atoms with Crippen molar-refractivity contribution in [3.63, 3.8) is 0 Å². The van der Waals surface area contributed by atoms with E-state index < -0.39 is 0 Å². The number of para-hydroxylation sites is 2. The van der Waals surface area contributed by atoms with Gasteiger partial charge in [0.2, 0.25) is 0 Å². The molecule has 7 atom stereocenters. The number of rotatable bonds is 2. The molecule has 284 valence electrons. The summed E-state index contributed by atoms with van der Waals surface area (Å²) >= 11 is 0. The van der Waals surface area contributed by atoms with Crippen LogP contribution in [0.1, 0.15) is 45.9 Å². The van der Waals surface area contributed by atoms with Crippen LogP contribution in [0.5, 0.6) is 0 Å². The molecule has 18 rings (SSSR count). The van der Waals surface area contributed by atoms with Crippen molar-refractivity contribution in [2.75, 3.05) is 0 Å². The van der Waals surface area contributed by atoms with Crippen LogP contribution in [0.25, 0.3) is 92.9 Å². The second-order valence-corrected chi connectivity index (χ2v) is 19.5. The number of hydrogen-bond acceptors (Lipinski definition) is 1. The van der Waals surface area contributed by atoms with Crippen molar-refractivity contribution in [2.45, 2.75) is 23.7 Å². The van der Waals surface area contributed by atoms with Gasteiger partial charge in [0, 0.05) is 44.5 Å². The number of hydrogen-bond donors (Lipinski definition) is 0. The molecule has 8 aliphatic carbocycles. The summed E-state index contributed by atoms with van der Waals surface area (Å²) in [6.07, 6.45) is 20.2. The van der Waals surface area contributed by atoms with Gasteiger partial charge >= 0.3 is 0 Å². The van der Waals surface area contributed by atoms with Gasteiger partial charge in [-0.1, -0.05) is 103 Å². The van der Waals surface area contributed by atoms with E-state index in [9.17, 15) is 0 Å². The Bertz CT molecular complexity index is 3880. The highest BCUT2D eigenvalue weighted by molar-refractivity contribution is 6.26. The van der Waals surface area contributed by atoms with Gasteiger partial charge < -0.3 is 8.98 Å². The summed E-state index contributed by atoms with van der Waals surface area (Å²) in [5.74, 6) is 4.83. The third kappa shape index (κ3) is 3.64. The zero-order chi connectivity index (χ0) is 39.0. The number of nitrogens with zero attached hydrogens (tertiary/aromatic N) is 1. The molecular formula is C59H37NO. The van der Waals surface area contributed by atoms with Gasteiger partial charge in [0.25, 0.3) is 0 Å². The first-order valence-corrected chi connectivity index (χ1v) is 22.4. The first-order chi connectivity index (χ1) is 30.2.